The highest BCUT2D eigenvalue weighted by molar-refractivity contribution is 7.99. The molecular weight excluding hydrogens is 294 g/mol. The Morgan fingerprint density at radius 1 is 1.43 bits per heavy atom. The largest absolute Gasteiger partial charge is 0.481 e. The van der Waals surface area contributed by atoms with E-state index in [2.05, 4.69) is 4.98 Å². The van der Waals surface area contributed by atoms with Crippen molar-refractivity contribution in [3.8, 4) is 0 Å². The zero-order valence-electron chi connectivity index (χ0n) is 11.9. The third-order valence-corrected chi connectivity index (χ3v) is 4.09. The van der Waals surface area contributed by atoms with E-state index >= 15 is 0 Å². The number of carbonyl (C=O) groups is 2. The Hall–Kier alpha value is -1.54. The molecule has 21 heavy (non-hydrogen) atoms. The molecule has 1 N–H and O–H groups in total. The van der Waals surface area contributed by atoms with E-state index in [0.29, 0.717) is 44.4 Å². The molecule has 0 spiro atoms. The average Bonchev–Trinajstić information content (AvgIpc) is 2.83. The van der Waals surface area contributed by atoms with Crippen LogP contribution in [-0.2, 0) is 20.9 Å². The number of morpholine rings is 1. The van der Waals surface area contributed by atoms with E-state index < -0.39 is 5.97 Å². The number of aromatic nitrogens is 2. The van der Waals surface area contributed by atoms with Gasteiger partial charge in [-0.15, -0.1) is 0 Å². The van der Waals surface area contributed by atoms with Gasteiger partial charge in [-0.25, -0.2) is 4.98 Å². The van der Waals surface area contributed by atoms with Crippen LogP contribution in [0, 0.1) is 6.92 Å². The summed E-state index contributed by atoms with van der Waals surface area (Å²) in [5.41, 5.74) is 0.821. The summed E-state index contributed by atoms with van der Waals surface area (Å²) >= 11 is 1.17. The van der Waals surface area contributed by atoms with Gasteiger partial charge >= 0.3 is 5.97 Å². The van der Waals surface area contributed by atoms with Crippen molar-refractivity contribution in [2.75, 3.05) is 32.1 Å². The molecular formula is C13H19N3O4S. The number of nitrogens with zero attached hydrogens (tertiary/aromatic N) is 3. The Labute approximate surface area is 127 Å². The lowest BCUT2D eigenvalue weighted by Crippen LogP contribution is -2.40. The summed E-state index contributed by atoms with van der Waals surface area (Å²) in [6, 6.07) is 0. The molecule has 0 aromatic carbocycles. The highest BCUT2D eigenvalue weighted by atomic mass is 32.2. The normalized spacial score (nSPS) is 15.2. The maximum absolute atomic E-state index is 12.1. The van der Waals surface area contributed by atoms with Crippen molar-refractivity contribution in [3.63, 3.8) is 0 Å². The number of amides is 1. The Balaban J connectivity index is 1.89. The summed E-state index contributed by atoms with van der Waals surface area (Å²) in [5, 5.41) is 9.37. The zero-order valence-corrected chi connectivity index (χ0v) is 12.8. The molecule has 1 aliphatic rings. The summed E-state index contributed by atoms with van der Waals surface area (Å²) in [6.07, 6.45) is 2.23. The van der Waals surface area contributed by atoms with Crippen molar-refractivity contribution < 1.29 is 19.4 Å². The van der Waals surface area contributed by atoms with Crippen LogP contribution in [-0.4, -0.2) is 63.5 Å². The first kappa shape index (κ1) is 15.8. The molecule has 0 bridgehead atoms. The van der Waals surface area contributed by atoms with Gasteiger partial charge in [0.15, 0.2) is 5.16 Å². The van der Waals surface area contributed by atoms with Crippen molar-refractivity contribution in [1.82, 2.24) is 14.5 Å². The molecule has 0 aliphatic carbocycles. The third-order valence-electron chi connectivity index (χ3n) is 3.12. The highest BCUT2D eigenvalue weighted by Gasteiger charge is 2.17. The molecule has 1 fully saturated rings. The summed E-state index contributed by atoms with van der Waals surface area (Å²) in [7, 11) is 0. The van der Waals surface area contributed by atoms with Crippen molar-refractivity contribution in [3.05, 3.63) is 11.9 Å². The van der Waals surface area contributed by atoms with E-state index in [0.717, 1.165) is 5.69 Å². The van der Waals surface area contributed by atoms with Gasteiger partial charge in [0.05, 0.1) is 24.7 Å². The Morgan fingerprint density at radius 2 is 2.14 bits per heavy atom. The number of carboxylic acids is 1. The maximum atomic E-state index is 12.1. The van der Waals surface area contributed by atoms with E-state index in [1.807, 2.05) is 17.7 Å². The summed E-state index contributed by atoms with van der Waals surface area (Å²) in [5.74, 6) is -0.816. The van der Waals surface area contributed by atoms with Crippen LogP contribution in [0.5, 0.6) is 0 Å². The van der Waals surface area contributed by atoms with Gasteiger partial charge in [-0.2, -0.15) is 0 Å². The molecule has 2 rings (SSSR count). The highest BCUT2D eigenvalue weighted by Crippen LogP contribution is 2.18. The minimum atomic E-state index is -0.878. The predicted octanol–water partition coefficient (Wildman–Crippen LogP) is 0.617. The van der Waals surface area contributed by atoms with Crippen molar-refractivity contribution in [2.24, 2.45) is 0 Å². The molecule has 8 heteroatoms. The summed E-state index contributed by atoms with van der Waals surface area (Å²) < 4.78 is 7.07. The lowest BCUT2D eigenvalue weighted by molar-refractivity contribution is -0.135. The summed E-state index contributed by atoms with van der Waals surface area (Å²) in [6.45, 7) is 4.83. The van der Waals surface area contributed by atoms with Crippen LogP contribution in [0.4, 0.5) is 0 Å². The smallest absolute Gasteiger partial charge is 0.313 e. The molecule has 0 atom stereocenters. The number of hydrogen-bond donors (Lipinski definition) is 1. The molecule has 116 valence electrons. The number of aliphatic carboxylic acids is 1. The first-order valence-corrected chi connectivity index (χ1v) is 7.78. The second-order valence-corrected chi connectivity index (χ2v) is 5.73. The SMILES string of the molecule is Cc1cn(CCC(=O)N2CCOCC2)c(SCC(=O)O)n1. The third kappa shape index (κ3) is 4.75. The van der Waals surface area contributed by atoms with Crippen LogP contribution >= 0.6 is 11.8 Å². The van der Waals surface area contributed by atoms with Crippen molar-refractivity contribution >= 4 is 23.6 Å². The van der Waals surface area contributed by atoms with Crippen molar-refractivity contribution in [1.29, 1.82) is 0 Å². The molecule has 1 aromatic heterocycles. The topological polar surface area (TPSA) is 84.7 Å². The van der Waals surface area contributed by atoms with Crippen LogP contribution in [0.15, 0.2) is 11.4 Å². The maximum Gasteiger partial charge on any atom is 0.313 e. The molecule has 2 heterocycles. The minimum Gasteiger partial charge on any atom is -0.481 e. The second-order valence-electron chi connectivity index (χ2n) is 4.78. The van der Waals surface area contributed by atoms with E-state index in [-0.39, 0.29) is 11.7 Å². The van der Waals surface area contributed by atoms with Gasteiger partial charge in [0.2, 0.25) is 5.91 Å². The number of rotatable bonds is 6. The molecule has 0 radical (unpaired) electrons. The molecule has 1 aromatic rings. The van der Waals surface area contributed by atoms with Gasteiger partial charge in [-0.05, 0) is 6.92 Å². The first-order chi connectivity index (χ1) is 10.1. The number of aryl methyl sites for hydroxylation is 2. The second kappa shape index (κ2) is 7.46. The van der Waals surface area contributed by atoms with E-state index in [9.17, 15) is 9.59 Å². The number of hydrogen-bond acceptors (Lipinski definition) is 5. The van der Waals surface area contributed by atoms with Gasteiger partial charge in [-0.1, -0.05) is 11.8 Å². The van der Waals surface area contributed by atoms with E-state index in [1.54, 1.807) is 4.90 Å². The fraction of sp³-hybridized carbons (Fsp3) is 0.615. The minimum absolute atomic E-state index is 0.0339. The van der Waals surface area contributed by atoms with Crippen LogP contribution in [0.1, 0.15) is 12.1 Å². The predicted molar refractivity (Wildman–Crippen MR) is 77.3 cm³/mol. The average molecular weight is 313 g/mol. The first-order valence-electron chi connectivity index (χ1n) is 6.80. The van der Waals surface area contributed by atoms with Gasteiger partial charge in [0.25, 0.3) is 0 Å². The lowest BCUT2D eigenvalue weighted by Gasteiger charge is -2.26. The molecule has 1 saturated heterocycles. The van der Waals surface area contributed by atoms with Crippen LogP contribution in [0.25, 0.3) is 0 Å². The molecule has 0 unspecified atom stereocenters. The molecule has 0 saturated carbocycles. The Morgan fingerprint density at radius 3 is 2.81 bits per heavy atom. The molecule has 1 amide bonds. The van der Waals surface area contributed by atoms with Crippen LogP contribution in [0.2, 0.25) is 0 Å². The molecule has 1 aliphatic heterocycles. The lowest BCUT2D eigenvalue weighted by atomic mass is 10.3. The van der Waals surface area contributed by atoms with Crippen LogP contribution < -0.4 is 0 Å². The number of thioether (sulfide) groups is 1. The Bertz CT molecular complexity index is 512. The number of imidazole rings is 1. The molecule has 7 nitrogen and oxygen atoms in total. The van der Waals surface area contributed by atoms with Gasteiger partial charge in [-0.3, -0.25) is 9.59 Å². The van der Waals surface area contributed by atoms with Gasteiger partial charge < -0.3 is 19.3 Å². The number of carbonyl (C=O) groups excluding carboxylic acids is 1. The monoisotopic (exact) mass is 313 g/mol. The summed E-state index contributed by atoms with van der Waals surface area (Å²) in [4.78, 5) is 28.8. The quantitative estimate of drug-likeness (QED) is 0.775. The van der Waals surface area contributed by atoms with E-state index in [1.165, 1.54) is 11.8 Å². The van der Waals surface area contributed by atoms with Crippen LogP contribution in [0.3, 0.4) is 0 Å². The van der Waals surface area contributed by atoms with E-state index in [4.69, 9.17) is 9.84 Å². The fourth-order valence-corrected chi connectivity index (χ4v) is 2.88. The fourth-order valence-electron chi connectivity index (χ4n) is 2.11. The zero-order chi connectivity index (χ0) is 15.2. The van der Waals surface area contributed by atoms with Gasteiger partial charge in [0.1, 0.15) is 0 Å². The standard InChI is InChI=1S/C13H19N3O4S/c1-10-8-16(13(14-10)21-9-12(18)19)3-2-11(17)15-4-6-20-7-5-15/h8H,2-7,9H2,1H3,(H,18,19). The number of ether oxygens (including phenoxy) is 1. The van der Waals surface area contributed by atoms with Crippen molar-refractivity contribution in [2.45, 2.75) is 25.0 Å². The Kier molecular flexibility index (Phi) is 5.63. The number of carboxylic acid groups (broad SMARTS) is 1. The van der Waals surface area contributed by atoms with Gasteiger partial charge in [0, 0.05) is 32.3 Å².